The number of rotatable bonds is 7. The molecule has 0 bridgehead atoms. The second-order valence-corrected chi connectivity index (χ2v) is 7.04. The molecule has 1 amide bonds. The lowest BCUT2D eigenvalue weighted by atomic mass is 9.98. The van der Waals surface area contributed by atoms with E-state index in [2.05, 4.69) is 5.32 Å². The molecular formula is C22H28N2O2. The van der Waals surface area contributed by atoms with Crippen LogP contribution in [0.2, 0.25) is 0 Å². The molecule has 4 heteroatoms. The molecule has 0 aliphatic heterocycles. The van der Waals surface area contributed by atoms with Crippen LogP contribution in [0, 0.1) is 0 Å². The second kappa shape index (κ2) is 9.51. The summed E-state index contributed by atoms with van der Waals surface area (Å²) in [5.74, 6) is -0.0771. The van der Waals surface area contributed by atoms with Crippen LogP contribution in [0.4, 0.5) is 5.69 Å². The highest BCUT2D eigenvalue weighted by Gasteiger charge is 2.14. The van der Waals surface area contributed by atoms with E-state index in [1.807, 2.05) is 54.6 Å². The Kier molecular flexibility index (Phi) is 6.81. The van der Waals surface area contributed by atoms with Crippen molar-refractivity contribution >= 4 is 11.6 Å². The molecule has 0 spiro atoms. The molecule has 1 fully saturated rings. The van der Waals surface area contributed by atoms with E-state index >= 15 is 0 Å². The predicted octanol–water partition coefficient (Wildman–Crippen LogP) is 4.56. The Balaban J connectivity index is 1.50. The number of nitrogens with one attached hydrogen (secondary N) is 1. The first-order valence-electron chi connectivity index (χ1n) is 9.51. The number of carbonyl (C=O) groups is 1. The Morgan fingerprint density at radius 1 is 1.08 bits per heavy atom. The fraction of sp³-hybridized carbons (Fsp3) is 0.409. The first-order valence-corrected chi connectivity index (χ1v) is 9.51. The number of ether oxygens (including phenoxy) is 1. The summed E-state index contributed by atoms with van der Waals surface area (Å²) in [6.07, 6.45) is 6.82. The van der Waals surface area contributed by atoms with Crippen LogP contribution in [-0.4, -0.2) is 12.0 Å². The Morgan fingerprint density at radius 3 is 2.62 bits per heavy atom. The first kappa shape index (κ1) is 18.6. The maximum absolute atomic E-state index is 12.3. The van der Waals surface area contributed by atoms with Crippen molar-refractivity contribution in [1.29, 1.82) is 0 Å². The third-order valence-corrected chi connectivity index (χ3v) is 4.88. The van der Waals surface area contributed by atoms with Gasteiger partial charge in [0.05, 0.1) is 12.7 Å². The minimum absolute atomic E-state index is 0.0771. The standard InChI is InChI=1S/C22H28N2O2/c23-21(18-9-3-1-4-10-18)15-22(25)24-19-11-7-8-17(14-19)16-26-20-12-5-2-6-13-20/h1,3-4,7-11,14,20-21H,2,5-6,12-13,15-16,23H2,(H,24,25). The maximum atomic E-state index is 12.3. The minimum atomic E-state index is -0.297. The Bertz CT molecular complexity index is 696. The van der Waals surface area contributed by atoms with Crippen LogP contribution in [0.3, 0.4) is 0 Å². The summed E-state index contributed by atoms with van der Waals surface area (Å²) in [6.45, 7) is 0.595. The van der Waals surface area contributed by atoms with Gasteiger partial charge in [-0.25, -0.2) is 0 Å². The van der Waals surface area contributed by atoms with Crippen molar-refractivity contribution in [3.63, 3.8) is 0 Å². The van der Waals surface area contributed by atoms with Crippen molar-refractivity contribution in [3.05, 3.63) is 65.7 Å². The number of nitrogens with two attached hydrogens (primary N) is 1. The number of carbonyl (C=O) groups excluding carboxylic acids is 1. The van der Waals surface area contributed by atoms with Gasteiger partial charge >= 0.3 is 0 Å². The molecule has 0 aromatic heterocycles. The van der Waals surface area contributed by atoms with Crippen LogP contribution in [0.25, 0.3) is 0 Å². The van der Waals surface area contributed by atoms with E-state index in [1.165, 1.54) is 19.3 Å². The third kappa shape index (κ3) is 5.68. The van der Waals surface area contributed by atoms with Crippen LogP contribution >= 0.6 is 0 Å². The van der Waals surface area contributed by atoms with Gasteiger partial charge in [0.15, 0.2) is 0 Å². The molecule has 4 nitrogen and oxygen atoms in total. The highest BCUT2D eigenvalue weighted by molar-refractivity contribution is 5.91. The number of amides is 1. The van der Waals surface area contributed by atoms with Crippen molar-refractivity contribution in [2.24, 2.45) is 5.73 Å². The molecule has 1 atom stereocenters. The van der Waals surface area contributed by atoms with Gasteiger partial charge in [0.2, 0.25) is 5.91 Å². The zero-order valence-electron chi connectivity index (χ0n) is 15.2. The normalized spacial score (nSPS) is 16.2. The zero-order valence-corrected chi connectivity index (χ0v) is 15.2. The van der Waals surface area contributed by atoms with Crippen LogP contribution in [-0.2, 0) is 16.1 Å². The monoisotopic (exact) mass is 352 g/mol. The highest BCUT2D eigenvalue weighted by Crippen LogP contribution is 2.22. The van der Waals surface area contributed by atoms with Crippen molar-refractivity contribution in [2.75, 3.05) is 5.32 Å². The molecule has 2 aromatic carbocycles. The molecule has 1 saturated carbocycles. The van der Waals surface area contributed by atoms with E-state index < -0.39 is 0 Å². The third-order valence-electron chi connectivity index (χ3n) is 4.88. The minimum Gasteiger partial charge on any atom is -0.374 e. The van der Waals surface area contributed by atoms with Gasteiger partial charge in [-0.2, -0.15) is 0 Å². The van der Waals surface area contributed by atoms with Gasteiger partial charge in [-0.05, 0) is 36.1 Å². The highest BCUT2D eigenvalue weighted by atomic mass is 16.5. The fourth-order valence-corrected chi connectivity index (χ4v) is 3.41. The number of hydrogen-bond donors (Lipinski definition) is 2. The average Bonchev–Trinajstić information content (AvgIpc) is 2.68. The molecule has 3 rings (SSSR count). The summed E-state index contributed by atoms with van der Waals surface area (Å²) >= 11 is 0. The van der Waals surface area contributed by atoms with Crippen LogP contribution in [0.5, 0.6) is 0 Å². The van der Waals surface area contributed by atoms with E-state index in [0.717, 1.165) is 29.7 Å². The van der Waals surface area contributed by atoms with Crippen LogP contribution in [0.15, 0.2) is 54.6 Å². The molecule has 2 aromatic rings. The van der Waals surface area contributed by atoms with Crippen molar-refractivity contribution < 1.29 is 9.53 Å². The molecule has 1 aliphatic rings. The van der Waals surface area contributed by atoms with Crippen LogP contribution < -0.4 is 11.1 Å². The van der Waals surface area contributed by atoms with E-state index in [4.69, 9.17) is 10.5 Å². The summed E-state index contributed by atoms with van der Waals surface area (Å²) in [5.41, 5.74) is 8.97. The Morgan fingerprint density at radius 2 is 1.85 bits per heavy atom. The Hall–Kier alpha value is -2.17. The zero-order chi connectivity index (χ0) is 18.2. The molecule has 0 saturated heterocycles. The first-order chi connectivity index (χ1) is 12.7. The van der Waals surface area contributed by atoms with Gasteiger partial charge in [-0.3, -0.25) is 4.79 Å². The number of benzene rings is 2. The molecular weight excluding hydrogens is 324 g/mol. The van der Waals surface area contributed by atoms with Gasteiger partial charge in [0.1, 0.15) is 0 Å². The summed E-state index contributed by atoms with van der Waals surface area (Å²) < 4.78 is 6.02. The quantitative estimate of drug-likeness (QED) is 0.767. The molecule has 3 N–H and O–H groups in total. The molecule has 0 radical (unpaired) electrons. The summed E-state index contributed by atoms with van der Waals surface area (Å²) in [5, 5.41) is 2.95. The van der Waals surface area contributed by atoms with Crippen molar-refractivity contribution in [1.82, 2.24) is 0 Å². The maximum Gasteiger partial charge on any atom is 0.226 e. The van der Waals surface area contributed by atoms with Gasteiger partial charge < -0.3 is 15.8 Å². The Labute approximate surface area is 155 Å². The molecule has 138 valence electrons. The van der Waals surface area contributed by atoms with Gasteiger partial charge in [0.25, 0.3) is 0 Å². The summed E-state index contributed by atoms with van der Waals surface area (Å²) in [7, 11) is 0. The summed E-state index contributed by atoms with van der Waals surface area (Å²) in [4.78, 5) is 12.3. The molecule has 0 heterocycles. The number of anilines is 1. The average molecular weight is 352 g/mol. The summed E-state index contributed by atoms with van der Waals surface area (Å²) in [6, 6.07) is 17.3. The van der Waals surface area contributed by atoms with Crippen molar-refractivity contribution in [3.8, 4) is 0 Å². The smallest absolute Gasteiger partial charge is 0.226 e. The second-order valence-electron chi connectivity index (χ2n) is 7.04. The van der Waals surface area contributed by atoms with Gasteiger partial charge in [0, 0.05) is 18.2 Å². The molecule has 26 heavy (non-hydrogen) atoms. The van der Waals surface area contributed by atoms with Gasteiger partial charge in [-0.15, -0.1) is 0 Å². The largest absolute Gasteiger partial charge is 0.374 e. The van der Waals surface area contributed by atoms with E-state index in [-0.39, 0.29) is 18.4 Å². The van der Waals surface area contributed by atoms with Crippen molar-refractivity contribution in [2.45, 2.75) is 57.3 Å². The fourth-order valence-electron chi connectivity index (χ4n) is 3.41. The molecule has 1 unspecified atom stereocenters. The van der Waals surface area contributed by atoms with E-state index in [9.17, 15) is 4.79 Å². The lowest BCUT2D eigenvalue weighted by molar-refractivity contribution is -0.116. The number of hydrogen-bond acceptors (Lipinski definition) is 3. The topological polar surface area (TPSA) is 64.4 Å². The lowest BCUT2D eigenvalue weighted by Gasteiger charge is -2.22. The lowest BCUT2D eigenvalue weighted by Crippen LogP contribution is -2.20. The van der Waals surface area contributed by atoms with E-state index in [0.29, 0.717) is 12.7 Å². The van der Waals surface area contributed by atoms with E-state index in [1.54, 1.807) is 0 Å². The van der Waals surface area contributed by atoms with Crippen LogP contribution in [0.1, 0.15) is 55.7 Å². The predicted molar refractivity (Wildman–Crippen MR) is 105 cm³/mol. The SMILES string of the molecule is NC(CC(=O)Nc1cccc(COC2CCCCC2)c1)c1ccccc1. The van der Waals surface area contributed by atoms with Gasteiger partial charge in [-0.1, -0.05) is 61.7 Å². The molecule has 1 aliphatic carbocycles.